The van der Waals surface area contributed by atoms with Crippen molar-refractivity contribution in [2.24, 2.45) is 0 Å². The molecule has 0 unspecified atom stereocenters. The van der Waals surface area contributed by atoms with Crippen molar-refractivity contribution in [2.75, 3.05) is 6.54 Å². The summed E-state index contributed by atoms with van der Waals surface area (Å²) in [5.41, 5.74) is 0. The number of halogens is 1. The Morgan fingerprint density at radius 2 is 2.20 bits per heavy atom. The normalized spacial score (nSPS) is 11.9. The monoisotopic (exact) mass is 267 g/mol. The summed E-state index contributed by atoms with van der Waals surface area (Å²) in [6.07, 6.45) is 0.783. The van der Waals surface area contributed by atoms with Crippen molar-refractivity contribution in [3.8, 4) is 0 Å². The molecule has 1 heterocycles. The fourth-order valence-electron chi connectivity index (χ4n) is 1.17. The maximum atomic E-state index is 11.8. The molecule has 3 nitrogen and oxygen atoms in total. The summed E-state index contributed by atoms with van der Waals surface area (Å²) >= 11 is 7.09. The van der Waals surface area contributed by atoms with Crippen molar-refractivity contribution in [2.45, 2.75) is 31.0 Å². The molecule has 1 rings (SSSR count). The maximum Gasteiger partial charge on any atom is 0.241 e. The predicted molar refractivity (Wildman–Crippen MR) is 64.1 cm³/mol. The molecule has 0 aromatic carbocycles. The van der Waals surface area contributed by atoms with Gasteiger partial charge in [-0.2, -0.15) is 0 Å². The Morgan fingerprint density at radius 3 is 2.67 bits per heavy atom. The van der Waals surface area contributed by atoms with Gasteiger partial charge in [-0.15, -0.1) is 22.9 Å². The third-order valence-corrected chi connectivity index (χ3v) is 5.10. The van der Waals surface area contributed by atoms with Crippen molar-refractivity contribution in [3.05, 3.63) is 15.8 Å². The summed E-state index contributed by atoms with van der Waals surface area (Å²) in [5, 5.41) is 0. The molecular formula is C9H14ClNO2S2. The molecular weight excluding hydrogens is 254 g/mol. The third kappa shape index (κ3) is 3.17. The first kappa shape index (κ1) is 13.0. The van der Waals surface area contributed by atoms with Gasteiger partial charge in [0.25, 0.3) is 0 Å². The summed E-state index contributed by atoms with van der Waals surface area (Å²) in [5.74, 6) is 0.356. The van der Waals surface area contributed by atoms with Gasteiger partial charge in [0, 0.05) is 16.3 Å². The Kier molecular flexibility index (Phi) is 4.58. The van der Waals surface area contributed by atoms with Gasteiger partial charge in [0.2, 0.25) is 10.0 Å². The van der Waals surface area contributed by atoms with E-state index in [4.69, 9.17) is 11.6 Å². The number of sulfonamides is 1. The van der Waals surface area contributed by atoms with Crippen LogP contribution in [-0.4, -0.2) is 15.0 Å². The van der Waals surface area contributed by atoms with Gasteiger partial charge < -0.3 is 0 Å². The summed E-state index contributed by atoms with van der Waals surface area (Å²) in [4.78, 5) is 2.02. The Bertz CT molecular complexity index is 425. The molecule has 6 heteroatoms. The minimum absolute atomic E-state index is 0.356. The molecule has 1 N–H and O–H groups in total. The Balaban J connectivity index is 2.99. The number of hydrogen-bond donors (Lipinski definition) is 1. The fourth-order valence-corrected chi connectivity index (χ4v) is 4.03. The molecule has 0 atom stereocenters. The van der Waals surface area contributed by atoms with E-state index in [1.165, 1.54) is 11.3 Å². The van der Waals surface area contributed by atoms with Crippen LogP contribution in [0.2, 0.25) is 0 Å². The molecule has 0 saturated carbocycles. The molecule has 1 aromatic heterocycles. The molecule has 0 bridgehead atoms. The number of rotatable bonds is 5. The zero-order valence-electron chi connectivity index (χ0n) is 8.71. The molecule has 0 amide bonds. The lowest BCUT2D eigenvalue weighted by Crippen LogP contribution is -2.24. The number of hydrogen-bond acceptors (Lipinski definition) is 3. The zero-order chi connectivity index (χ0) is 11.5. The molecule has 15 heavy (non-hydrogen) atoms. The SMILES string of the molecule is CCCNS(=O)(=O)c1cc(CCl)sc1C. The second-order valence-electron chi connectivity index (χ2n) is 3.16. The molecule has 0 aliphatic rings. The van der Waals surface area contributed by atoms with Crippen LogP contribution in [0.5, 0.6) is 0 Å². The van der Waals surface area contributed by atoms with Crippen LogP contribution in [0.25, 0.3) is 0 Å². The van der Waals surface area contributed by atoms with E-state index in [1.807, 2.05) is 6.92 Å². The average Bonchev–Trinajstić information content (AvgIpc) is 2.57. The van der Waals surface area contributed by atoms with Gasteiger partial charge in [-0.1, -0.05) is 6.92 Å². The van der Waals surface area contributed by atoms with Gasteiger partial charge in [0.1, 0.15) is 0 Å². The van der Waals surface area contributed by atoms with Crippen LogP contribution in [-0.2, 0) is 15.9 Å². The lowest BCUT2D eigenvalue weighted by molar-refractivity contribution is 0.580. The minimum Gasteiger partial charge on any atom is -0.211 e. The first-order valence-electron chi connectivity index (χ1n) is 4.66. The lowest BCUT2D eigenvalue weighted by atomic mass is 10.4. The summed E-state index contributed by atoms with van der Waals surface area (Å²) in [6.45, 7) is 4.18. The topological polar surface area (TPSA) is 46.2 Å². The van der Waals surface area contributed by atoms with Gasteiger partial charge >= 0.3 is 0 Å². The first-order valence-corrected chi connectivity index (χ1v) is 7.49. The molecule has 0 saturated heterocycles. The fraction of sp³-hybridized carbons (Fsp3) is 0.556. The van der Waals surface area contributed by atoms with Gasteiger partial charge in [-0.3, -0.25) is 0 Å². The van der Waals surface area contributed by atoms with Crippen molar-refractivity contribution < 1.29 is 8.42 Å². The van der Waals surface area contributed by atoms with E-state index >= 15 is 0 Å². The molecule has 0 aliphatic carbocycles. The highest BCUT2D eigenvalue weighted by molar-refractivity contribution is 7.89. The van der Waals surface area contributed by atoms with Crippen LogP contribution in [0.3, 0.4) is 0 Å². The number of nitrogens with one attached hydrogen (secondary N) is 1. The molecule has 0 aliphatic heterocycles. The zero-order valence-corrected chi connectivity index (χ0v) is 11.1. The first-order chi connectivity index (χ1) is 7.01. The standard InChI is InChI=1S/C9H14ClNO2S2/c1-3-4-11-15(12,13)9-5-8(6-10)14-7(9)2/h5,11H,3-4,6H2,1-2H3. The van der Waals surface area contributed by atoms with Crippen LogP contribution in [0.4, 0.5) is 0 Å². The number of alkyl halides is 1. The average molecular weight is 268 g/mol. The summed E-state index contributed by atoms with van der Waals surface area (Å²) < 4.78 is 26.1. The van der Waals surface area contributed by atoms with Crippen LogP contribution in [0, 0.1) is 6.92 Å². The van der Waals surface area contributed by atoms with Crippen LogP contribution in [0.1, 0.15) is 23.1 Å². The third-order valence-electron chi connectivity index (χ3n) is 1.89. The predicted octanol–water partition coefficient (Wildman–Crippen LogP) is 2.48. The Labute approximate surface area is 99.5 Å². The highest BCUT2D eigenvalue weighted by Crippen LogP contribution is 2.26. The van der Waals surface area contributed by atoms with Crippen molar-refractivity contribution in [1.82, 2.24) is 4.72 Å². The minimum atomic E-state index is -3.34. The maximum absolute atomic E-state index is 11.8. The molecule has 1 aromatic rings. The van der Waals surface area contributed by atoms with E-state index in [2.05, 4.69) is 4.72 Å². The Hall–Kier alpha value is -0.100. The van der Waals surface area contributed by atoms with Crippen LogP contribution < -0.4 is 4.72 Å². The van der Waals surface area contributed by atoms with Crippen LogP contribution >= 0.6 is 22.9 Å². The van der Waals surface area contributed by atoms with Gasteiger partial charge in [0.05, 0.1) is 10.8 Å². The van der Waals surface area contributed by atoms with E-state index in [0.29, 0.717) is 17.3 Å². The van der Waals surface area contributed by atoms with E-state index in [0.717, 1.165) is 16.2 Å². The van der Waals surface area contributed by atoms with E-state index in [-0.39, 0.29) is 0 Å². The molecule has 0 fully saturated rings. The van der Waals surface area contributed by atoms with Gasteiger partial charge in [-0.05, 0) is 19.4 Å². The van der Waals surface area contributed by atoms with Crippen molar-refractivity contribution >= 4 is 33.0 Å². The van der Waals surface area contributed by atoms with E-state index < -0.39 is 10.0 Å². The molecule has 0 radical (unpaired) electrons. The largest absolute Gasteiger partial charge is 0.241 e. The quantitative estimate of drug-likeness (QED) is 0.833. The summed E-state index contributed by atoms with van der Waals surface area (Å²) in [6, 6.07) is 1.64. The molecule has 0 spiro atoms. The second kappa shape index (κ2) is 5.30. The number of thiophene rings is 1. The van der Waals surface area contributed by atoms with E-state index in [1.54, 1.807) is 13.0 Å². The van der Waals surface area contributed by atoms with Gasteiger partial charge in [-0.25, -0.2) is 13.1 Å². The highest BCUT2D eigenvalue weighted by Gasteiger charge is 2.18. The highest BCUT2D eigenvalue weighted by atomic mass is 35.5. The number of aryl methyl sites for hydroxylation is 1. The lowest BCUT2D eigenvalue weighted by Gasteiger charge is -2.03. The van der Waals surface area contributed by atoms with Crippen molar-refractivity contribution in [3.63, 3.8) is 0 Å². The van der Waals surface area contributed by atoms with E-state index in [9.17, 15) is 8.42 Å². The molecule has 86 valence electrons. The van der Waals surface area contributed by atoms with Crippen molar-refractivity contribution in [1.29, 1.82) is 0 Å². The van der Waals surface area contributed by atoms with Gasteiger partial charge in [0.15, 0.2) is 0 Å². The summed E-state index contributed by atoms with van der Waals surface area (Å²) in [7, 11) is -3.34. The Morgan fingerprint density at radius 1 is 1.53 bits per heavy atom. The smallest absolute Gasteiger partial charge is 0.211 e. The second-order valence-corrected chi connectivity index (χ2v) is 6.51. The van der Waals surface area contributed by atoms with Crippen LogP contribution in [0.15, 0.2) is 11.0 Å².